The van der Waals surface area contributed by atoms with Crippen LogP contribution < -0.4 is 5.32 Å². The van der Waals surface area contributed by atoms with E-state index in [0.717, 1.165) is 24.4 Å². The normalized spacial score (nSPS) is 11.2. The molecular weight excluding hydrogens is 255 g/mol. The van der Waals surface area contributed by atoms with Gasteiger partial charge >= 0.3 is 0 Å². The molecule has 0 amide bonds. The van der Waals surface area contributed by atoms with Gasteiger partial charge in [-0.05, 0) is 57.0 Å². The first-order valence-corrected chi connectivity index (χ1v) is 6.92. The molecule has 0 fully saturated rings. The largest absolute Gasteiger partial charge is 0.310 e. The summed E-state index contributed by atoms with van der Waals surface area (Å²) in [5.41, 5.74) is 2.17. The van der Waals surface area contributed by atoms with Crippen LogP contribution in [-0.2, 0) is 13.0 Å². The number of hydrogen-bond acceptors (Lipinski definition) is 3. The van der Waals surface area contributed by atoms with Crippen molar-refractivity contribution in [1.82, 2.24) is 20.1 Å². The molecule has 0 radical (unpaired) electrons. The third kappa shape index (κ3) is 3.63. The van der Waals surface area contributed by atoms with Gasteiger partial charge < -0.3 is 5.32 Å². The SMILES string of the molecule is Cc1cc(F)ccc1CCNCc1ncnn1C(C)C. The van der Waals surface area contributed by atoms with Gasteiger partial charge in [0.1, 0.15) is 18.0 Å². The van der Waals surface area contributed by atoms with E-state index in [2.05, 4.69) is 29.2 Å². The fraction of sp³-hybridized carbons (Fsp3) is 0.467. The van der Waals surface area contributed by atoms with E-state index in [9.17, 15) is 4.39 Å². The summed E-state index contributed by atoms with van der Waals surface area (Å²) in [6, 6.07) is 5.25. The van der Waals surface area contributed by atoms with Gasteiger partial charge in [-0.3, -0.25) is 0 Å². The monoisotopic (exact) mass is 276 g/mol. The summed E-state index contributed by atoms with van der Waals surface area (Å²) in [4.78, 5) is 4.25. The number of nitrogens with zero attached hydrogens (tertiary/aromatic N) is 3. The van der Waals surface area contributed by atoms with Gasteiger partial charge in [0, 0.05) is 6.04 Å². The first kappa shape index (κ1) is 14.7. The van der Waals surface area contributed by atoms with Crippen LogP contribution in [0.4, 0.5) is 4.39 Å². The number of aromatic nitrogens is 3. The minimum atomic E-state index is -0.177. The summed E-state index contributed by atoms with van der Waals surface area (Å²) in [5, 5.41) is 7.56. The van der Waals surface area contributed by atoms with Gasteiger partial charge in [-0.15, -0.1) is 0 Å². The Hall–Kier alpha value is -1.75. The van der Waals surface area contributed by atoms with Crippen molar-refractivity contribution >= 4 is 0 Å². The van der Waals surface area contributed by atoms with Crippen LogP contribution in [0.15, 0.2) is 24.5 Å². The Morgan fingerprint density at radius 1 is 1.35 bits per heavy atom. The number of hydrogen-bond donors (Lipinski definition) is 1. The second-order valence-corrected chi connectivity index (χ2v) is 5.21. The quantitative estimate of drug-likeness (QED) is 0.825. The molecule has 0 unspecified atom stereocenters. The van der Waals surface area contributed by atoms with Gasteiger partial charge in [-0.2, -0.15) is 5.10 Å². The second-order valence-electron chi connectivity index (χ2n) is 5.21. The highest BCUT2D eigenvalue weighted by atomic mass is 19.1. The van der Waals surface area contributed by atoms with E-state index in [1.165, 1.54) is 11.6 Å². The number of benzene rings is 1. The third-order valence-corrected chi connectivity index (χ3v) is 3.30. The lowest BCUT2D eigenvalue weighted by Gasteiger charge is -2.10. The minimum absolute atomic E-state index is 0.177. The van der Waals surface area contributed by atoms with Crippen molar-refractivity contribution in [3.63, 3.8) is 0 Å². The fourth-order valence-electron chi connectivity index (χ4n) is 2.19. The summed E-state index contributed by atoms with van der Waals surface area (Å²) < 4.78 is 14.9. The van der Waals surface area contributed by atoms with Gasteiger partial charge in [-0.25, -0.2) is 14.1 Å². The van der Waals surface area contributed by atoms with Crippen molar-refractivity contribution in [2.45, 2.75) is 39.8 Å². The van der Waals surface area contributed by atoms with Crippen molar-refractivity contribution in [1.29, 1.82) is 0 Å². The topological polar surface area (TPSA) is 42.7 Å². The number of nitrogens with one attached hydrogen (secondary N) is 1. The Balaban J connectivity index is 1.83. The van der Waals surface area contributed by atoms with Gasteiger partial charge in [0.05, 0.1) is 6.54 Å². The van der Waals surface area contributed by atoms with E-state index in [1.807, 2.05) is 17.7 Å². The first-order chi connectivity index (χ1) is 9.58. The number of halogens is 1. The van der Waals surface area contributed by atoms with Gasteiger partial charge in [0.15, 0.2) is 0 Å². The Labute approximate surface area is 119 Å². The predicted octanol–water partition coefficient (Wildman–Crippen LogP) is 2.64. The van der Waals surface area contributed by atoms with Crippen LogP contribution in [0.5, 0.6) is 0 Å². The average molecular weight is 276 g/mol. The summed E-state index contributed by atoms with van der Waals surface area (Å²) in [6.07, 6.45) is 2.46. The molecule has 0 aliphatic carbocycles. The summed E-state index contributed by atoms with van der Waals surface area (Å²) in [5.74, 6) is 0.764. The Kier molecular flexibility index (Phi) is 4.84. The van der Waals surface area contributed by atoms with Crippen LogP contribution in [0.1, 0.15) is 36.8 Å². The van der Waals surface area contributed by atoms with E-state index in [4.69, 9.17) is 0 Å². The van der Waals surface area contributed by atoms with Gasteiger partial charge in [0.2, 0.25) is 0 Å². The molecule has 108 valence electrons. The van der Waals surface area contributed by atoms with E-state index in [-0.39, 0.29) is 5.82 Å². The van der Waals surface area contributed by atoms with E-state index < -0.39 is 0 Å². The molecule has 1 heterocycles. The molecule has 0 bridgehead atoms. The molecule has 1 N–H and O–H groups in total. The fourth-order valence-corrected chi connectivity index (χ4v) is 2.19. The molecule has 1 aromatic carbocycles. The molecule has 4 nitrogen and oxygen atoms in total. The zero-order chi connectivity index (χ0) is 14.5. The molecule has 0 spiro atoms. The van der Waals surface area contributed by atoms with Crippen LogP contribution in [0.3, 0.4) is 0 Å². The lowest BCUT2D eigenvalue weighted by molar-refractivity contribution is 0.490. The van der Waals surface area contributed by atoms with E-state index >= 15 is 0 Å². The highest BCUT2D eigenvalue weighted by Gasteiger charge is 2.06. The third-order valence-electron chi connectivity index (χ3n) is 3.30. The van der Waals surface area contributed by atoms with Crippen LogP contribution >= 0.6 is 0 Å². The molecule has 2 aromatic rings. The van der Waals surface area contributed by atoms with E-state index in [1.54, 1.807) is 12.4 Å². The highest BCUT2D eigenvalue weighted by molar-refractivity contribution is 5.26. The zero-order valence-corrected chi connectivity index (χ0v) is 12.2. The second kappa shape index (κ2) is 6.61. The molecule has 5 heteroatoms. The number of rotatable bonds is 6. The molecule has 0 saturated heterocycles. The first-order valence-electron chi connectivity index (χ1n) is 6.92. The minimum Gasteiger partial charge on any atom is -0.310 e. The maximum atomic E-state index is 13.0. The molecule has 0 saturated carbocycles. The summed E-state index contributed by atoms with van der Waals surface area (Å²) in [6.45, 7) is 7.63. The highest BCUT2D eigenvalue weighted by Crippen LogP contribution is 2.10. The molecule has 0 aliphatic rings. The standard InChI is InChI=1S/C15H21FN4/c1-11(2)20-15(18-10-19-20)9-17-7-6-13-4-5-14(16)8-12(13)3/h4-5,8,10-11,17H,6-7,9H2,1-3H3. The summed E-state index contributed by atoms with van der Waals surface area (Å²) >= 11 is 0. The Morgan fingerprint density at radius 2 is 2.15 bits per heavy atom. The lowest BCUT2D eigenvalue weighted by atomic mass is 10.1. The van der Waals surface area contributed by atoms with Crippen LogP contribution in [-0.4, -0.2) is 21.3 Å². The van der Waals surface area contributed by atoms with Crippen molar-refractivity contribution in [2.75, 3.05) is 6.54 Å². The van der Waals surface area contributed by atoms with Crippen LogP contribution in [0, 0.1) is 12.7 Å². The van der Waals surface area contributed by atoms with Crippen molar-refractivity contribution < 1.29 is 4.39 Å². The number of aryl methyl sites for hydroxylation is 1. The van der Waals surface area contributed by atoms with Gasteiger partial charge in [-0.1, -0.05) is 6.07 Å². The molecule has 20 heavy (non-hydrogen) atoms. The molecular formula is C15H21FN4. The lowest BCUT2D eigenvalue weighted by Crippen LogP contribution is -2.21. The van der Waals surface area contributed by atoms with Gasteiger partial charge in [0.25, 0.3) is 0 Å². The maximum absolute atomic E-state index is 13.0. The van der Waals surface area contributed by atoms with Crippen molar-refractivity contribution in [2.24, 2.45) is 0 Å². The smallest absolute Gasteiger partial charge is 0.141 e. The maximum Gasteiger partial charge on any atom is 0.141 e. The van der Waals surface area contributed by atoms with Crippen molar-refractivity contribution in [3.05, 3.63) is 47.3 Å². The molecule has 1 aromatic heterocycles. The average Bonchev–Trinajstić information content (AvgIpc) is 2.85. The zero-order valence-electron chi connectivity index (χ0n) is 12.2. The van der Waals surface area contributed by atoms with Crippen LogP contribution in [0.25, 0.3) is 0 Å². The molecule has 0 atom stereocenters. The van der Waals surface area contributed by atoms with Crippen molar-refractivity contribution in [3.8, 4) is 0 Å². The predicted molar refractivity (Wildman–Crippen MR) is 77.0 cm³/mol. The molecule has 0 aliphatic heterocycles. The summed E-state index contributed by atoms with van der Waals surface area (Å²) in [7, 11) is 0. The molecule has 2 rings (SSSR count). The van der Waals surface area contributed by atoms with E-state index in [0.29, 0.717) is 12.6 Å². The Morgan fingerprint density at radius 3 is 2.85 bits per heavy atom. The Bertz CT molecular complexity index is 563. The van der Waals surface area contributed by atoms with Crippen LogP contribution in [0.2, 0.25) is 0 Å².